The molecule has 3 nitrogen and oxygen atoms in total. The number of hydrogen-bond acceptors (Lipinski definition) is 4. The van der Waals surface area contributed by atoms with Crippen LogP contribution in [0, 0.1) is 5.82 Å². The van der Waals surface area contributed by atoms with Crippen molar-refractivity contribution in [2.75, 3.05) is 5.73 Å². The summed E-state index contributed by atoms with van der Waals surface area (Å²) in [5.41, 5.74) is 8.86. The number of halogens is 1. The predicted molar refractivity (Wildman–Crippen MR) is 75.2 cm³/mol. The number of para-hydroxylation sites is 1. The average Bonchev–Trinajstić information content (AvgIpc) is 2.89. The third-order valence-corrected chi connectivity index (χ3v) is 3.57. The fourth-order valence-corrected chi connectivity index (χ4v) is 2.65. The van der Waals surface area contributed by atoms with E-state index in [1.54, 1.807) is 6.20 Å². The van der Waals surface area contributed by atoms with E-state index in [1.165, 1.54) is 23.6 Å². The monoisotopic (exact) mass is 271 g/mol. The van der Waals surface area contributed by atoms with Crippen molar-refractivity contribution < 1.29 is 4.39 Å². The Balaban J connectivity index is 2.03. The third kappa shape index (κ3) is 2.32. The second-order valence-corrected chi connectivity index (χ2v) is 4.88. The van der Waals surface area contributed by atoms with Crippen molar-refractivity contribution in [3.63, 3.8) is 0 Å². The molecule has 2 aromatic heterocycles. The number of rotatable bonds is 2. The number of pyridine rings is 1. The van der Waals surface area contributed by atoms with E-state index in [0.717, 1.165) is 10.6 Å². The van der Waals surface area contributed by atoms with Crippen LogP contribution in [0.25, 0.3) is 21.8 Å². The Hall–Kier alpha value is -2.27. The molecule has 0 amide bonds. The minimum atomic E-state index is -0.369. The van der Waals surface area contributed by atoms with E-state index in [-0.39, 0.29) is 5.82 Å². The lowest BCUT2D eigenvalue weighted by molar-refractivity contribution is 0.622. The molecule has 0 saturated heterocycles. The lowest BCUT2D eigenvalue weighted by atomic mass is 10.2. The molecule has 1 aromatic carbocycles. The Labute approximate surface area is 113 Å². The Bertz CT molecular complexity index is 724. The normalized spacial score (nSPS) is 10.6. The summed E-state index contributed by atoms with van der Waals surface area (Å²) >= 11 is 1.48. The zero-order valence-corrected chi connectivity index (χ0v) is 10.7. The number of hydrogen-bond donors (Lipinski definition) is 1. The first-order chi connectivity index (χ1) is 9.24. The van der Waals surface area contributed by atoms with Crippen molar-refractivity contribution in [2.45, 2.75) is 0 Å². The summed E-state index contributed by atoms with van der Waals surface area (Å²) < 4.78 is 13.1. The second kappa shape index (κ2) is 4.78. The molecule has 5 heteroatoms. The van der Waals surface area contributed by atoms with E-state index in [9.17, 15) is 4.39 Å². The maximum Gasteiger partial charge on any atom is 0.142 e. The maximum absolute atomic E-state index is 13.1. The van der Waals surface area contributed by atoms with E-state index >= 15 is 0 Å². The number of nitrogen functional groups attached to an aromatic ring is 1. The number of aromatic nitrogens is 2. The molecular weight excluding hydrogens is 261 g/mol. The molecule has 94 valence electrons. The number of thiazole rings is 1. The van der Waals surface area contributed by atoms with Gasteiger partial charge < -0.3 is 5.73 Å². The Morgan fingerprint density at radius 1 is 1.16 bits per heavy atom. The van der Waals surface area contributed by atoms with E-state index < -0.39 is 0 Å². The van der Waals surface area contributed by atoms with Gasteiger partial charge >= 0.3 is 0 Å². The number of nitrogens with zero attached hydrogens (tertiary/aromatic N) is 2. The summed E-state index contributed by atoms with van der Waals surface area (Å²) in [6.07, 6.45) is 2.77. The molecule has 2 N–H and O–H groups in total. The Kier molecular flexibility index (Phi) is 2.97. The molecule has 0 atom stereocenters. The highest BCUT2D eigenvalue weighted by molar-refractivity contribution is 7.13. The predicted octanol–water partition coefficient (Wildman–Crippen LogP) is 3.59. The lowest BCUT2D eigenvalue weighted by Gasteiger charge is -2.00. The van der Waals surface area contributed by atoms with Gasteiger partial charge in [-0.3, -0.25) is 4.98 Å². The first kappa shape index (κ1) is 11.8. The molecule has 0 radical (unpaired) electrons. The van der Waals surface area contributed by atoms with E-state index in [2.05, 4.69) is 9.97 Å². The van der Waals surface area contributed by atoms with Crippen LogP contribution >= 0.6 is 11.3 Å². The van der Waals surface area contributed by atoms with Gasteiger partial charge in [-0.25, -0.2) is 9.37 Å². The largest absolute Gasteiger partial charge is 0.398 e. The van der Waals surface area contributed by atoms with Crippen molar-refractivity contribution in [3.8, 4) is 21.8 Å². The minimum Gasteiger partial charge on any atom is -0.398 e. The van der Waals surface area contributed by atoms with Gasteiger partial charge in [0.25, 0.3) is 0 Å². The third-order valence-electron chi connectivity index (χ3n) is 2.70. The highest BCUT2D eigenvalue weighted by atomic mass is 32.1. The van der Waals surface area contributed by atoms with Crippen LogP contribution in [-0.2, 0) is 0 Å². The maximum atomic E-state index is 13.1. The summed E-state index contributed by atoms with van der Waals surface area (Å²) in [6, 6.07) is 8.96. The summed E-state index contributed by atoms with van der Waals surface area (Å²) in [5.74, 6) is -0.369. The molecule has 0 bridgehead atoms. The molecule has 2 heterocycles. The standard InChI is InChI=1S/C14H10FN3S/c15-10-5-9(6-17-7-10)13-8-19-14(18-13)11-3-1-2-4-12(11)16/h1-8H,16H2. The molecule has 3 aromatic rings. The zero-order chi connectivity index (χ0) is 13.2. The van der Waals surface area contributed by atoms with Gasteiger partial charge in [-0.2, -0.15) is 0 Å². The summed E-state index contributed by atoms with van der Waals surface area (Å²) in [7, 11) is 0. The van der Waals surface area contributed by atoms with Crippen molar-refractivity contribution in [2.24, 2.45) is 0 Å². The summed E-state index contributed by atoms with van der Waals surface area (Å²) in [4.78, 5) is 8.31. The van der Waals surface area contributed by atoms with Crippen LogP contribution < -0.4 is 5.73 Å². The highest BCUT2D eigenvalue weighted by Gasteiger charge is 2.09. The van der Waals surface area contributed by atoms with Crippen LogP contribution in [-0.4, -0.2) is 9.97 Å². The van der Waals surface area contributed by atoms with Gasteiger partial charge in [-0.15, -0.1) is 11.3 Å². The van der Waals surface area contributed by atoms with Crippen LogP contribution in [0.2, 0.25) is 0 Å². The topological polar surface area (TPSA) is 51.8 Å². The van der Waals surface area contributed by atoms with Crippen LogP contribution in [0.1, 0.15) is 0 Å². The van der Waals surface area contributed by atoms with Gasteiger partial charge in [0.2, 0.25) is 0 Å². The molecule has 3 rings (SSSR count). The van der Waals surface area contributed by atoms with E-state index in [4.69, 9.17) is 5.73 Å². The highest BCUT2D eigenvalue weighted by Crippen LogP contribution is 2.31. The van der Waals surface area contributed by atoms with Crippen LogP contribution in [0.4, 0.5) is 10.1 Å². The molecule has 0 spiro atoms. The molecular formula is C14H10FN3S. The number of benzene rings is 1. The van der Waals surface area contributed by atoms with Crippen LogP contribution in [0.15, 0.2) is 48.1 Å². The molecule has 0 aliphatic heterocycles. The average molecular weight is 271 g/mol. The van der Waals surface area contributed by atoms with Crippen LogP contribution in [0.3, 0.4) is 0 Å². The van der Waals surface area contributed by atoms with Gasteiger partial charge in [0.1, 0.15) is 10.8 Å². The molecule has 0 saturated carbocycles. The Morgan fingerprint density at radius 2 is 2.00 bits per heavy atom. The van der Waals surface area contributed by atoms with Crippen molar-refractivity contribution >= 4 is 17.0 Å². The smallest absolute Gasteiger partial charge is 0.142 e. The number of nitrogens with two attached hydrogens (primary N) is 1. The minimum absolute atomic E-state index is 0.369. The summed E-state index contributed by atoms with van der Waals surface area (Å²) in [5, 5.41) is 2.69. The Morgan fingerprint density at radius 3 is 2.79 bits per heavy atom. The first-order valence-corrected chi connectivity index (χ1v) is 6.53. The van der Waals surface area contributed by atoms with Gasteiger partial charge in [0, 0.05) is 28.4 Å². The van der Waals surface area contributed by atoms with Gasteiger partial charge in [0.05, 0.1) is 11.9 Å². The second-order valence-electron chi connectivity index (χ2n) is 4.02. The first-order valence-electron chi connectivity index (χ1n) is 5.65. The van der Waals surface area contributed by atoms with Crippen molar-refractivity contribution in [3.05, 3.63) is 53.9 Å². The van der Waals surface area contributed by atoms with Crippen LogP contribution in [0.5, 0.6) is 0 Å². The molecule has 0 aliphatic rings. The van der Waals surface area contributed by atoms with E-state index in [1.807, 2.05) is 29.6 Å². The molecule has 19 heavy (non-hydrogen) atoms. The fourth-order valence-electron chi connectivity index (χ4n) is 1.77. The van der Waals surface area contributed by atoms with E-state index in [0.29, 0.717) is 16.9 Å². The van der Waals surface area contributed by atoms with Gasteiger partial charge in [-0.1, -0.05) is 12.1 Å². The van der Waals surface area contributed by atoms with Crippen molar-refractivity contribution in [1.82, 2.24) is 9.97 Å². The fraction of sp³-hybridized carbons (Fsp3) is 0. The quantitative estimate of drug-likeness (QED) is 0.725. The molecule has 0 fully saturated rings. The van der Waals surface area contributed by atoms with Gasteiger partial charge in [0.15, 0.2) is 0 Å². The van der Waals surface area contributed by atoms with Gasteiger partial charge in [-0.05, 0) is 18.2 Å². The SMILES string of the molecule is Nc1ccccc1-c1nc(-c2cncc(F)c2)cs1. The zero-order valence-electron chi connectivity index (χ0n) is 9.88. The molecule has 0 unspecified atom stereocenters. The number of anilines is 1. The lowest BCUT2D eigenvalue weighted by Crippen LogP contribution is -1.89. The summed E-state index contributed by atoms with van der Waals surface area (Å²) in [6.45, 7) is 0. The van der Waals surface area contributed by atoms with Crippen molar-refractivity contribution in [1.29, 1.82) is 0 Å². The molecule has 0 aliphatic carbocycles.